The maximum absolute atomic E-state index is 11.3. The van der Waals surface area contributed by atoms with Gasteiger partial charge >= 0.3 is 0 Å². The van der Waals surface area contributed by atoms with Crippen molar-refractivity contribution in [1.82, 2.24) is 15.2 Å². The number of aromatic nitrogens is 1. The molecule has 1 fully saturated rings. The minimum absolute atomic E-state index is 0.178. The zero-order chi connectivity index (χ0) is 12.3. The standard InChI is InChI=1S/C12H17N3O2/c1-15-8-10(3-5-12(15)17)13-6-9-2-4-11(16)7-14-9/h2,4,7,10,13,16H,3,5-6,8H2,1H3. The summed E-state index contributed by atoms with van der Waals surface area (Å²) in [5.41, 5.74) is 0.891. The molecule has 1 atom stereocenters. The van der Waals surface area contributed by atoms with Gasteiger partial charge in [-0.1, -0.05) is 0 Å². The van der Waals surface area contributed by atoms with Crippen molar-refractivity contribution in [3.8, 4) is 5.75 Å². The minimum atomic E-state index is 0.178. The van der Waals surface area contributed by atoms with Crippen molar-refractivity contribution >= 4 is 5.91 Å². The van der Waals surface area contributed by atoms with Gasteiger partial charge in [0.15, 0.2) is 0 Å². The maximum Gasteiger partial charge on any atom is 0.222 e. The molecule has 1 aliphatic heterocycles. The predicted octanol–water partition coefficient (Wildman–Crippen LogP) is 0.498. The van der Waals surface area contributed by atoms with Crippen LogP contribution in [0.25, 0.3) is 0 Å². The monoisotopic (exact) mass is 235 g/mol. The lowest BCUT2D eigenvalue weighted by molar-refractivity contribution is -0.132. The van der Waals surface area contributed by atoms with Crippen LogP contribution in [0.15, 0.2) is 18.3 Å². The highest BCUT2D eigenvalue weighted by Crippen LogP contribution is 2.11. The van der Waals surface area contributed by atoms with E-state index in [4.69, 9.17) is 5.11 Å². The van der Waals surface area contributed by atoms with Gasteiger partial charge in [-0.25, -0.2) is 0 Å². The Morgan fingerprint density at radius 3 is 3.06 bits per heavy atom. The van der Waals surface area contributed by atoms with Gasteiger partial charge in [0.25, 0.3) is 0 Å². The van der Waals surface area contributed by atoms with E-state index in [2.05, 4.69) is 10.3 Å². The van der Waals surface area contributed by atoms with Crippen molar-refractivity contribution < 1.29 is 9.90 Å². The van der Waals surface area contributed by atoms with Crippen molar-refractivity contribution in [2.75, 3.05) is 13.6 Å². The average Bonchev–Trinajstić information content (AvgIpc) is 2.33. The minimum Gasteiger partial charge on any atom is -0.506 e. The van der Waals surface area contributed by atoms with Gasteiger partial charge in [-0.15, -0.1) is 0 Å². The highest BCUT2D eigenvalue weighted by atomic mass is 16.3. The summed E-state index contributed by atoms with van der Waals surface area (Å²) in [7, 11) is 1.83. The fourth-order valence-corrected chi connectivity index (χ4v) is 1.95. The molecule has 0 bridgehead atoms. The first kappa shape index (κ1) is 11.9. The molecule has 1 amide bonds. The van der Waals surface area contributed by atoms with Gasteiger partial charge in [0.05, 0.1) is 11.9 Å². The van der Waals surface area contributed by atoms with Crippen LogP contribution in [0.2, 0.25) is 0 Å². The first-order chi connectivity index (χ1) is 8.15. The molecule has 1 unspecified atom stereocenters. The van der Waals surface area contributed by atoms with Gasteiger partial charge in [-0.2, -0.15) is 0 Å². The summed E-state index contributed by atoms with van der Waals surface area (Å²) in [6.07, 6.45) is 2.92. The number of likely N-dealkylation sites (tertiary alicyclic amines) is 1. The van der Waals surface area contributed by atoms with Gasteiger partial charge in [0.1, 0.15) is 5.75 Å². The van der Waals surface area contributed by atoms with Crippen LogP contribution in [0.5, 0.6) is 5.75 Å². The number of piperidine rings is 1. The first-order valence-corrected chi connectivity index (χ1v) is 5.76. The highest BCUT2D eigenvalue weighted by molar-refractivity contribution is 5.76. The molecule has 1 aliphatic rings. The number of aromatic hydroxyl groups is 1. The van der Waals surface area contributed by atoms with E-state index in [9.17, 15) is 4.79 Å². The van der Waals surface area contributed by atoms with Crippen molar-refractivity contribution in [1.29, 1.82) is 0 Å². The Bertz CT molecular complexity index is 391. The van der Waals surface area contributed by atoms with Crippen molar-refractivity contribution in [3.05, 3.63) is 24.0 Å². The average molecular weight is 235 g/mol. The Morgan fingerprint density at radius 2 is 2.41 bits per heavy atom. The van der Waals surface area contributed by atoms with Crippen LogP contribution in [-0.2, 0) is 11.3 Å². The zero-order valence-electron chi connectivity index (χ0n) is 9.89. The SMILES string of the molecule is CN1CC(NCc2ccc(O)cn2)CCC1=O. The molecule has 2 N–H and O–H groups in total. The summed E-state index contributed by atoms with van der Waals surface area (Å²) in [6, 6.07) is 3.74. The Hall–Kier alpha value is -1.62. The number of hydrogen-bond donors (Lipinski definition) is 2. The molecule has 5 heteroatoms. The topological polar surface area (TPSA) is 65.5 Å². The number of carbonyl (C=O) groups excluding carboxylic acids is 1. The second kappa shape index (κ2) is 5.14. The molecule has 0 spiro atoms. The summed E-state index contributed by atoms with van der Waals surface area (Å²) in [5, 5.41) is 12.5. The molecule has 1 saturated heterocycles. The van der Waals surface area contributed by atoms with Crippen molar-refractivity contribution in [2.45, 2.75) is 25.4 Å². The molecule has 1 aromatic heterocycles. The number of rotatable bonds is 3. The Labute approximate surface area is 100 Å². The van der Waals surface area contributed by atoms with Crippen LogP contribution < -0.4 is 5.32 Å². The third kappa shape index (κ3) is 3.17. The second-order valence-corrected chi connectivity index (χ2v) is 4.40. The lowest BCUT2D eigenvalue weighted by atomic mass is 10.1. The van der Waals surface area contributed by atoms with Crippen LogP contribution in [-0.4, -0.2) is 40.5 Å². The number of pyridine rings is 1. The lowest BCUT2D eigenvalue weighted by Gasteiger charge is -2.30. The quantitative estimate of drug-likeness (QED) is 0.800. The number of carbonyl (C=O) groups is 1. The van der Waals surface area contributed by atoms with E-state index in [1.807, 2.05) is 7.05 Å². The molecule has 2 rings (SSSR count). The summed E-state index contributed by atoms with van der Waals surface area (Å²) < 4.78 is 0. The van der Waals surface area contributed by atoms with Crippen LogP contribution >= 0.6 is 0 Å². The fraction of sp³-hybridized carbons (Fsp3) is 0.500. The van der Waals surface area contributed by atoms with E-state index in [-0.39, 0.29) is 11.7 Å². The highest BCUT2D eigenvalue weighted by Gasteiger charge is 2.22. The van der Waals surface area contributed by atoms with Gasteiger partial charge in [0, 0.05) is 32.6 Å². The van der Waals surface area contributed by atoms with E-state index in [0.29, 0.717) is 19.0 Å². The molecule has 0 aromatic carbocycles. The first-order valence-electron chi connectivity index (χ1n) is 5.76. The van der Waals surface area contributed by atoms with E-state index >= 15 is 0 Å². The lowest BCUT2D eigenvalue weighted by Crippen LogP contribution is -2.46. The van der Waals surface area contributed by atoms with Crippen LogP contribution in [0, 0.1) is 0 Å². The van der Waals surface area contributed by atoms with E-state index in [1.54, 1.807) is 17.0 Å². The molecule has 0 saturated carbocycles. The molecule has 1 aromatic rings. The molecule has 0 radical (unpaired) electrons. The molecule has 5 nitrogen and oxygen atoms in total. The van der Waals surface area contributed by atoms with Crippen molar-refractivity contribution in [2.24, 2.45) is 0 Å². The molecular formula is C12H17N3O2. The number of amides is 1. The molecule has 92 valence electrons. The molecule has 17 heavy (non-hydrogen) atoms. The molecular weight excluding hydrogens is 218 g/mol. The predicted molar refractivity (Wildman–Crippen MR) is 63.4 cm³/mol. The number of likely N-dealkylation sites (N-methyl/N-ethyl adjacent to an activating group) is 1. The van der Waals surface area contributed by atoms with Crippen LogP contribution in [0.1, 0.15) is 18.5 Å². The van der Waals surface area contributed by atoms with Gasteiger partial charge < -0.3 is 15.3 Å². The largest absolute Gasteiger partial charge is 0.506 e. The second-order valence-electron chi connectivity index (χ2n) is 4.40. The van der Waals surface area contributed by atoms with Gasteiger partial charge in [0.2, 0.25) is 5.91 Å². The maximum atomic E-state index is 11.3. The number of hydrogen-bond acceptors (Lipinski definition) is 4. The van der Waals surface area contributed by atoms with Gasteiger partial charge in [-0.3, -0.25) is 9.78 Å². The van der Waals surface area contributed by atoms with Crippen LogP contribution in [0.4, 0.5) is 0 Å². The Morgan fingerprint density at radius 1 is 1.59 bits per heavy atom. The van der Waals surface area contributed by atoms with Crippen molar-refractivity contribution in [3.63, 3.8) is 0 Å². The number of nitrogens with zero attached hydrogens (tertiary/aromatic N) is 2. The zero-order valence-corrected chi connectivity index (χ0v) is 9.89. The third-order valence-electron chi connectivity index (χ3n) is 3.01. The molecule has 2 heterocycles. The number of nitrogens with one attached hydrogen (secondary N) is 1. The Balaban J connectivity index is 1.82. The summed E-state index contributed by atoms with van der Waals surface area (Å²) in [4.78, 5) is 17.2. The summed E-state index contributed by atoms with van der Waals surface area (Å²) >= 11 is 0. The molecule has 0 aliphatic carbocycles. The van der Waals surface area contributed by atoms with E-state index in [0.717, 1.165) is 18.7 Å². The normalized spacial score (nSPS) is 20.6. The van der Waals surface area contributed by atoms with E-state index in [1.165, 1.54) is 6.20 Å². The fourth-order valence-electron chi connectivity index (χ4n) is 1.95. The van der Waals surface area contributed by atoms with Gasteiger partial charge in [-0.05, 0) is 18.6 Å². The summed E-state index contributed by atoms with van der Waals surface area (Å²) in [5.74, 6) is 0.391. The summed E-state index contributed by atoms with van der Waals surface area (Å²) in [6.45, 7) is 1.41. The third-order valence-corrected chi connectivity index (χ3v) is 3.01. The van der Waals surface area contributed by atoms with E-state index < -0.39 is 0 Å². The Kier molecular flexibility index (Phi) is 3.58. The van der Waals surface area contributed by atoms with Crippen LogP contribution in [0.3, 0.4) is 0 Å². The smallest absolute Gasteiger partial charge is 0.222 e.